The molecule has 13 rings (SSSR count). The fraction of sp³-hybridized carbons (Fsp3) is 0.455. The van der Waals surface area contributed by atoms with Gasteiger partial charge in [-0.3, -0.25) is 0 Å². The first kappa shape index (κ1) is 70.2. The maximum Gasteiger partial charge on any atom is 0.231 e. The molecular weight excluding hydrogens is 1120 g/mol. The molecule has 0 amide bonds. The van der Waals surface area contributed by atoms with Crippen LogP contribution in [0.1, 0.15) is 204 Å². The molecular formula is C77H102O12. The van der Waals surface area contributed by atoms with E-state index in [9.17, 15) is 0 Å². The molecule has 0 N–H and O–H groups in total. The van der Waals surface area contributed by atoms with Gasteiger partial charge in [0.2, 0.25) is 13.6 Å². The van der Waals surface area contributed by atoms with Gasteiger partial charge in [-0.15, -0.1) is 0 Å². The maximum absolute atomic E-state index is 5.72. The van der Waals surface area contributed by atoms with E-state index in [-0.39, 0.29) is 0 Å². The molecule has 7 aromatic carbocycles. The van der Waals surface area contributed by atoms with Crippen LogP contribution < -0.4 is 56.8 Å². The summed E-state index contributed by atoms with van der Waals surface area (Å²) in [6.07, 6.45) is 1.93. The molecule has 0 saturated heterocycles. The fourth-order valence-corrected chi connectivity index (χ4v) is 9.70. The number of rotatable bonds is 7. The highest BCUT2D eigenvalue weighted by atomic mass is 16.7. The summed E-state index contributed by atoms with van der Waals surface area (Å²) < 4.78 is 65.6. The van der Waals surface area contributed by atoms with Crippen LogP contribution in [0.5, 0.6) is 69.0 Å². The van der Waals surface area contributed by atoms with Crippen molar-refractivity contribution < 1.29 is 56.8 Å². The monoisotopic (exact) mass is 1220 g/mol. The van der Waals surface area contributed by atoms with Gasteiger partial charge in [0.1, 0.15) is 26.4 Å². The number of hydrogen-bond acceptors (Lipinski definition) is 12. The summed E-state index contributed by atoms with van der Waals surface area (Å²) >= 11 is 0. The zero-order valence-corrected chi connectivity index (χ0v) is 56.2. The molecule has 6 aliphatic rings. The molecule has 0 atom stereocenters. The highest BCUT2D eigenvalue weighted by Crippen LogP contribution is 2.41. The van der Waals surface area contributed by atoms with Crippen molar-refractivity contribution in [1.82, 2.24) is 0 Å². The van der Waals surface area contributed by atoms with E-state index in [0.717, 1.165) is 108 Å². The van der Waals surface area contributed by atoms with Gasteiger partial charge >= 0.3 is 0 Å². The largest absolute Gasteiger partial charge is 0.490 e. The Morgan fingerprint density at radius 3 is 0.944 bits per heavy atom. The molecule has 7 aromatic rings. The summed E-state index contributed by atoms with van der Waals surface area (Å²) in [5.41, 5.74) is 9.00. The number of hydrogen-bond donors (Lipinski definition) is 0. The van der Waals surface area contributed by atoms with E-state index in [4.69, 9.17) is 56.8 Å². The lowest BCUT2D eigenvalue weighted by atomic mass is 10.0. The molecule has 0 spiro atoms. The van der Waals surface area contributed by atoms with Crippen LogP contribution >= 0.6 is 0 Å². The summed E-state index contributed by atoms with van der Waals surface area (Å²) in [5.74, 6) is 14.5. The zero-order chi connectivity index (χ0) is 64.2. The van der Waals surface area contributed by atoms with Gasteiger partial charge in [0, 0.05) is 29.5 Å². The van der Waals surface area contributed by atoms with Gasteiger partial charge in [-0.25, -0.2) is 0 Å². The quantitative estimate of drug-likeness (QED) is 0.151. The van der Waals surface area contributed by atoms with Crippen molar-refractivity contribution in [2.75, 3.05) is 66.4 Å². The molecule has 0 radical (unpaired) electrons. The van der Waals surface area contributed by atoms with Crippen LogP contribution in [0, 0.1) is 0 Å². The summed E-state index contributed by atoms with van der Waals surface area (Å²) in [4.78, 5) is 0. The number of benzene rings is 7. The molecule has 0 aromatic heterocycles. The molecule has 0 unspecified atom stereocenters. The van der Waals surface area contributed by atoms with E-state index >= 15 is 0 Å². The van der Waals surface area contributed by atoms with Crippen molar-refractivity contribution in [1.29, 1.82) is 0 Å². The second kappa shape index (κ2) is 36.6. The third-order valence-corrected chi connectivity index (χ3v) is 14.9. The van der Waals surface area contributed by atoms with Crippen LogP contribution in [0.3, 0.4) is 0 Å². The van der Waals surface area contributed by atoms with Gasteiger partial charge in [0.05, 0.1) is 26.4 Å². The van der Waals surface area contributed by atoms with Crippen molar-refractivity contribution in [3.8, 4) is 69.0 Å². The van der Waals surface area contributed by atoms with E-state index in [0.29, 0.717) is 81.4 Å². The Morgan fingerprint density at radius 2 is 0.517 bits per heavy atom. The highest BCUT2D eigenvalue weighted by molar-refractivity contribution is 5.51. The smallest absolute Gasteiger partial charge is 0.231 e. The van der Waals surface area contributed by atoms with Crippen LogP contribution in [0.4, 0.5) is 0 Å². The Bertz CT molecular complexity index is 3180. The van der Waals surface area contributed by atoms with Gasteiger partial charge in [-0.2, -0.15) is 0 Å². The van der Waals surface area contributed by atoms with Gasteiger partial charge in [0.25, 0.3) is 0 Å². The summed E-state index contributed by atoms with van der Waals surface area (Å²) in [5, 5.41) is 0. The molecule has 6 heterocycles. The van der Waals surface area contributed by atoms with E-state index in [1.807, 2.05) is 80.6 Å². The minimum Gasteiger partial charge on any atom is -0.490 e. The van der Waals surface area contributed by atoms with Gasteiger partial charge in [0.15, 0.2) is 69.0 Å². The molecule has 482 valence electrons. The first-order chi connectivity index (χ1) is 43.0. The van der Waals surface area contributed by atoms with E-state index in [1.165, 1.54) is 38.9 Å². The molecule has 0 fully saturated rings. The number of fused-ring (bicyclic) bond motifs is 6. The third-order valence-electron chi connectivity index (χ3n) is 14.9. The van der Waals surface area contributed by atoms with Crippen LogP contribution in [0.25, 0.3) is 0 Å². The lowest BCUT2D eigenvalue weighted by molar-refractivity contribution is 0.169. The van der Waals surface area contributed by atoms with Crippen LogP contribution in [0.15, 0.2) is 140 Å². The summed E-state index contributed by atoms with van der Waals surface area (Å²) in [6.45, 7) is 40.8. The van der Waals surface area contributed by atoms with Gasteiger partial charge in [-0.1, -0.05) is 196 Å². The Labute approximate surface area is 533 Å². The average molecular weight is 1220 g/mol. The minimum atomic E-state index is 0.358. The van der Waals surface area contributed by atoms with E-state index < -0.39 is 0 Å². The minimum absolute atomic E-state index is 0.358. The first-order valence-electron chi connectivity index (χ1n) is 32.4. The Kier molecular flexibility index (Phi) is 28.9. The van der Waals surface area contributed by atoms with E-state index in [1.54, 1.807) is 0 Å². The molecule has 0 bridgehead atoms. The Morgan fingerprint density at radius 1 is 0.225 bits per heavy atom. The molecule has 0 aliphatic carbocycles. The van der Waals surface area contributed by atoms with Crippen molar-refractivity contribution in [3.63, 3.8) is 0 Å². The molecule has 0 saturated carbocycles. The number of para-hydroxylation sites is 3. The van der Waals surface area contributed by atoms with Gasteiger partial charge in [-0.05, 0) is 118 Å². The lowest BCUT2D eigenvalue weighted by Gasteiger charge is -2.22. The van der Waals surface area contributed by atoms with Crippen LogP contribution in [0.2, 0.25) is 0 Å². The van der Waals surface area contributed by atoms with Crippen molar-refractivity contribution in [3.05, 3.63) is 178 Å². The predicted molar refractivity (Wildman–Crippen MR) is 361 cm³/mol. The highest BCUT2D eigenvalue weighted by Gasteiger charge is 2.21. The number of ether oxygens (including phenoxy) is 12. The molecule has 12 heteroatoms. The topological polar surface area (TPSA) is 111 Å². The molecule has 6 aliphatic heterocycles. The van der Waals surface area contributed by atoms with Crippen LogP contribution in [-0.2, 0) is 0 Å². The summed E-state index contributed by atoms with van der Waals surface area (Å²) in [7, 11) is 0. The average Bonchev–Trinajstić information content (AvgIpc) is 2.95. The Hall–Kier alpha value is -7.86. The second-order valence-corrected chi connectivity index (χ2v) is 23.9. The SMILES string of the molecule is CC.CC(C)c1ccc2c(c1)OCCCO2.CC(C)c1ccc2c(c1)OCCO2.CC(C)c1ccc2c(c1)OCO2.CC(C)c1cccc2c1OCCCO2.CC(C)c1cccc2c1OCCO2.CC(C)c1cccc2c1OCO2.CC(C)c1ccccc1. The van der Waals surface area contributed by atoms with Crippen molar-refractivity contribution in [2.24, 2.45) is 0 Å². The third kappa shape index (κ3) is 21.4. The predicted octanol–water partition coefficient (Wildman–Crippen LogP) is 20.0. The summed E-state index contributed by atoms with van der Waals surface area (Å²) in [6, 6.07) is 47.2. The maximum atomic E-state index is 5.72. The first-order valence-corrected chi connectivity index (χ1v) is 32.4. The normalized spacial score (nSPS) is 14.0. The van der Waals surface area contributed by atoms with Gasteiger partial charge < -0.3 is 56.8 Å². The standard InChI is InChI=1S/2C12H16O2.2C11H14O2.2C10H12O2.C9H12.C2H6/c1-9(2)10-4-5-11-12(8-10)14-7-3-6-13-11;1-9(2)10-5-3-6-11-12(10)14-8-4-7-13-11;1-8(2)9-3-4-10-11(7-9)13-6-5-12-10;1-8(2)9-4-3-5-10-11(9)13-7-6-12-10;1-7(2)8-3-4-9-10(5-8)12-6-11-9;1-7(2)8-4-3-5-9-10(8)12-6-11-9;1-8(2)9-6-4-3-5-7-9;1-2/h4-5,8-9H,3,6-7H2,1-2H3;3,5-6,9H,4,7-8H2,1-2H3;3-4,7-8H,5-6H2,1-2H3;3-5,8H,6-7H2,1-2H3;2*3-5,7H,6H2,1-2H3;3-8H,1-2H3;1-2H3. The molecule has 89 heavy (non-hydrogen) atoms. The van der Waals surface area contributed by atoms with Crippen molar-refractivity contribution >= 4 is 0 Å². The van der Waals surface area contributed by atoms with Crippen molar-refractivity contribution in [2.45, 2.75) is 165 Å². The van der Waals surface area contributed by atoms with E-state index in [2.05, 4.69) is 170 Å². The second-order valence-electron chi connectivity index (χ2n) is 23.9. The lowest BCUT2D eigenvalue weighted by Crippen LogP contribution is -2.16. The molecule has 12 nitrogen and oxygen atoms in total. The van der Waals surface area contributed by atoms with Crippen LogP contribution in [-0.4, -0.2) is 66.4 Å². The zero-order valence-electron chi connectivity index (χ0n) is 56.2. The Balaban J connectivity index is 0.000000165. The fourth-order valence-electron chi connectivity index (χ4n) is 9.70.